The molecular formula is C28H26Br2N2O3S. The average molecular weight is 630 g/mol. The standard InChI is InChI=1S/C28H26Br2N2O3S/c1-5-32-27(33)25(36-28(32)31-23-12-17(2)6-7-18(23)3)15-20-13-22(30)26(24(14-20)34-4)35-16-19-8-10-21(29)11-9-19/h6-15H,5,16H2,1-4H3/b25-15+,31-28?. The van der Waals surface area contributed by atoms with Gasteiger partial charge in [0.15, 0.2) is 16.7 Å². The minimum Gasteiger partial charge on any atom is -0.493 e. The summed E-state index contributed by atoms with van der Waals surface area (Å²) >= 11 is 8.45. The maximum Gasteiger partial charge on any atom is 0.266 e. The smallest absolute Gasteiger partial charge is 0.266 e. The SMILES string of the molecule is CCN1C(=O)/C(=C\c2cc(Br)c(OCc3ccc(Br)cc3)c(OC)c2)SC1=Nc1cc(C)ccc1C. The third-order valence-electron chi connectivity index (χ3n) is 5.63. The topological polar surface area (TPSA) is 51.1 Å². The maximum absolute atomic E-state index is 13.2. The molecule has 1 saturated heterocycles. The van der Waals surface area contributed by atoms with Crippen LogP contribution in [-0.4, -0.2) is 29.6 Å². The summed E-state index contributed by atoms with van der Waals surface area (Å²) in [6.07, 6.45) is 1.87. The number of carbonyl (C=O) groups is 1. The van der Waals surface area contributed by atoms with Crippen molar-refractivity contribution in [3.63, 3.8) is 0 Å². The number of aryl methyl sites for hydroxylation is 2. The van der Waals surface area contributed by atoms with Crippen molar-refractivity contribution in [1.29, 1.82) is 0 Å². The molecule has 1 amide bonds. The van der Waals surface area contributed by atoms with Crippen molar-refractivity contribution < 1.29 is 14.3 Å². The van der Waals surface area contributed by atoms with Crippen LogP contribution in [0.3, 0.4) is 0 Å². The zero-order valence-corrected chi connectivity index (χ0v) is 24.5. The Morgan fingerprint density at radius 3 is 2.50 bits per heavy atom. The molecule has 1 fully saturated rings. The number of aliphatic imine (C=N–C) groups is 1. The molecule has 36 heavy (non-hydrogen) atoms. The lowest BCUT2D eigenvalue weighted by Gasteiger charge is -2.14. The van der Waals surface area contributed by atoms with E-state index in [0.29, 0.717) is 34.7 Å². The molecule has 1 aliphatic rings. The van der Waals surface area contributed by atoms with Gasteiger partial charge in [0, 0.05) is 11.0 Å². The Morgan fingerprint density at radius 1 is 1.06 bits per heavy atom. The number of hydrogen-bond acceptors (Lipinski definition) is 5. The first-order valence-corrected chi connectivity index (χ1v) is 13.8. The van der Waals surface area contributed by atoms with Crippen LogP contribution in [0.1, 0.15) is 29.2 Å². The molecule has 0 atom stereocenters. The number of amidine groups is 1. The third-order valence-corrected chi connectivity index (χ3v) is 7.76. The van der Waals surface area contributed by atoms with Crippen LogP contribution in [0.2, 0.25) is 0 Å². The summed E-state index contributed by atoms with van der Waals surface area (Å²) < 4.78 is 13.4. The summed E-state index contributed by atoms with van der Waals surface area (Å²) in [5.74, 6) is 1.14. The largest absolute Gasteiger partial charge is 0.493 e. The van der Waals surface area contributed by atoms with Gasteiger partial charge >= 0.3 is 0 Å². The number of amides is 1. The second kappa shape index (κ2) is 11.7. The number of thioether (sulfide) groups is 1. The highest BCUT2D eigenvalue weighted by Crippen LogP contribution is 2.40. The molecule has 1 aliphatic heterocycles. The molecule has 0 aliphatic carbocycles. The highest BCUT2D eigenvalue weighted by Gasteiger charge is 2.32. The average Bonchev–Trinajstić information content (AvgIpc) is 3.14. The summed E-state index contributed by atoms with van der Waals surface area (Å²) in [4.78, 5) is 20.3. The quantitative estimate of drug-likeness (QED) is 0.248. The third kappa shape index (κ3) is 6.05. The predicted octanol–water partition coefficient (Wildman–Crippen LogP) is 8.04. The molecule has 5 nitrogen and oxygen atoms in total. The van der Waals surface area contributed by atoms with Crippen LogP contribution >= 0.6 is 43.6 Å². The summed E-state index contributed by atoms with van der Waals surface area (Å²) in [6.45, 7) is 6.97. The van der Waals surface area contributed by atoms with E-state index in [-0.39, 0.29) is 5.91 Å². The van der Waals surface area contributed by atoms with E-state index >= 15 is 0 Å². The van der Waals surface area contributed by atoms with Crippen molar-refractivity contribution in [2.75, 3.05) is 13.7 Å². The molecule has 0 radical (unpaired) electrons. The van der Waals surface area contributed by atoms with E-state index in [0.717, 1.165) is 36.9 Å². The number of hydrogen-bond donors (Lipinski definition) is 0. The number of halogens is 2. The lowest BCUT2D eigenvalue weighted by Crippen LogP contribution is -2.28. The first-order valence-electron chi connectivity index (χ1n) is 11.4. The fourth-order valence-corrected chi connectivity index (χ4v) is 5.56. The van der Waals surface area contributed by atoms with Crippen LogP contribution in [0.15, 0.2) is 73.4 Å². The molecule has 8 heteroatoms. The Labute approximate surface area is 232 Å². The number of nitrogens with zero attached hydrogens (tertiary/aromatic N) is 2. The van der Waals surface area contributed by atoms with E-state index in [1.807, 2.05) is 75.4 Å². The second-order valence-corrected chi connectivity index (χ2v) is 11.1. The van der Waals surface area contributed by atoms with Gasteiger partial charge in [-0.05, 0) is 107 Å². The molecule has 1 heterocycles. The van der Waals surface area contributed by atoms with Gasteiger partial charge in [-0.2, -0.15) is 0 Å². The fourth-order valence-electron chi connectivity index (χ4n) is 3.66. The van der Waals surface area contributed by atoms with Crippen molar-refractivity contribution in [1.82, 2.24) is 4.90 Å². The van der Waals surface area contributed by atoms with Gasteiger partial charge in [0.1, 0.15) is 6.61 Å². The Hall–Kier alpha value is -2.55. The van der Waals surface area contributed by atoms with Crippen molar-refractivity contribution in [2.45, 2.75) is 27.4 Å². The Bertz CT molecular complexity index is 1350. The van der Waals surface area contributed by atoms with Gasteiger partial charge in [0.05, 0.1) is 22.2 Å². The first-order chi connectivity index (χ1) is 17.3. The van der Waals surface area contributed by atoms with Gasteiger partial charge in [0.25, 0.3) is 5.91 Å². The van der Waals surface area contributed by atoms with Crippen LogP contribution in [-0.2, 0) is 11.4 Å². The molecule has 0 spiro atoms. The molecule has 186 valence electrons. The summed E-state index contributed by atoms with van der Waals surface area (Å²) in [5, 5.41) is 0.683. The predicted molar refractivity (Wildman–Crippen MR) is 155 cm³/mol. The van der Waals surface area contributed by atoms with Crippen LogP contribution in [0, 0.1) is 13.8 Å². The van der Waals surface area contributed by atoms with Crippen molar-refractivity contribution >= 4 is 66.5 Å². The molecule has 4 rings (SSSR count). The van der Waals surface area contributed by atoms with E-state index < -0.39 is 0 Å². The first kappa shape index (κ1) is 26.5. The highest BCUT2D eigenvalue weighted by molar-refractivity contribution is 9.10. The van der Waals surface area contributed by atoms with E-state index in [2.05, 4.69) is 37.9 Å². The molecule has 3 aromatic carbocycles. The molecule has 0 aromatic heterocycles. The number of rotatable bonds is 7. The lowest BCUT2D eigenvalue weighted by molar-refractivity contribution is -0.122. The van der Waals surface area contributed by atoms with Gasteiger partial charge in [-0.3, -0.25) is 9.69 Å². The molecule has 0 bridgehead atoms. The minimum absolute atomic E-state index is 0.0581. The van der Waals surface area contributed by atoms with E-state index in [1.165, 1.54) is 11.8 Å². The number of likely N-dealkylation sites (N-methyl/N-ethyl adjacent to an activating group) is 1. The number of methoxy groups -OCH3 is 1. The summed E-state index contributed by atoms with van der Waals surface area (Å²) in [6, 6.07) is 17.9. The molecule has 0 N–H and O–H groups in total. The Balaban J connectivity index is 1.60. The lowest BCUT2D eigenvalue weighted by atomic mass is 10.1. The van der Waals surface area contributed by atoms with Gasteiger partial charge in [0.2, 0.25) is 0 Å². The number of ether oxygens (including phenoxy) is 2. The molecule has 0 unspecified atom stereocenters. The van der Waals surface area contributed by atoms with Gasteiger partial charge in [-0.25, -0.2) is 4.99 Å². The van der Waals surface area contributed by atoms with Crippen molar-refractivity contribution in [3.8, 4) is 11.5 Å². The van der Waals surface area contributed by atoms with Crippen LogP contribution in [0.4, 0.5) is 5.69 Å². The van der Waals surface area contributed by atoms with Crippen molar-refractivity contribution in [2.24, 2.45) is 4.99 Å². The second-order valence-electron chi connectivity index (χ2n) is 8.29. The summed E-state index contributed by atoms with van der Waals surface area (Å²) in [5.41, 5.74) is 4.95. The molecule has 0 saturated carbocycles. The van der Waals surface area contributed by atoms with Gasteiger partial charge in [-0.1, -0.05) is 40.2 Å². The Kier molecular flexibility index (Phi) is 8.59. The number of carbonyl (C=O) groups excluding carboxylic acids is 1. The van der Waals surface area contributed by atoms with Crippen LogP contribution in [0.25, 0.3) is 6.08 Å². The van der Waals surface area contributed by atoms with E-state index in [1.54, 1.807) is 12.0 Å². The maximum atomic E-state index is 13.2. The number of benzene rings is 3. The van der Waals surface area contributed by atoms with Crippen LogP contribution < -0.4 is 9.47 Å². The Morgan fingerprint density at radius 2 is 1.81 bits per heavy atom. The zero-order chi connectivity index (χ0) is 25.8. The monoisotopic (exact) mass is 628 g/mol. The highest BCUT2D eigenvalue weighted by atomic mass is 79.9. The van der Waals surface area contributed by atoms with Crippen LogP contribution in [0.5, 0.6) is 11.5 Å². The van der Waals surface area contributed by atoms with Gasteiger partial charge in [-0.15, -0.1) is 0 Å². The van der Waals surface area contributed by atoms with E-state index in [9.17, 15) is 4.79 Å². The summed E-state index contributed by atoms with van der Waals surface area (Å²) in [7, 11) is 1.61. The minimum atomic E-state index is -0.0581. The molecular weight excluding hydrogens is 604 g/mol. The van der Waals surface area contributed by atoms with E-state index in [4.69, 9.17) is 14.5 Å². The molecule has 3 aromatic rings. The van der Waals surface area contributed by atoms with Gasteiger partial charge < -0.3 is 9.47 Å². The fraction of sp³-hybridized carbons (Fsp3) is 0.214. The van der Waals surface area contributed by atoms with Crippen molar-refractivity contribution in [3.05, 3.63) is 90.7 Å². The zero-order valence-electron chi connectivity index (χ0n) is 20.5. The normalized spacial score (nSPS) is 15.7.